The Morgan fingerprint density at radius 2 is 2.09 bits per heavy atom. The minimum Gasteiger partial charge on any atom is -0.351 e. The van der Waals surface area contributed by atoms with E-state index in [1.54, 1.807) is 0 Å². The van der Waals surface area contributed by atoms with Crippen LogP contribution in [0.2, 0.25) is 0 Å². The fraction of sp³-hybridized carbons (Fsp3) is 0.474. The molecule has 1 aliphatic carbocycles. The lowest BCUT2D eigenvalue weighted by atomic mass is 9.63. The zero-order valence-corrected chi connectivity index (χ0v) is 13.6. The second kappa shape index (κ2) is 5.52. The number of rotatable bonds is 3. The van der Waals surface area contributed by atoms with Crippen molar-refractivity contribution in [3.8, 4) is 0 Å². The molecule has 120 valence electrons. The standard InChI is InChI=1S/C19H23N3O/c1-14-12-22-13-16(8-9-17(22)20-14)21-18(23)19(10-5-11-19)15-6-3-2-4-7-15/h2-4,6-7,12,16H,5,8-11,13H2,1H3,(H,21,23)/t16-/m1/s1. The van der Waals surface area contributed by atoms with Crippen LogP contribution in [0, 0.1) is 6.92 Å². The predicted molar refractivity (Wildman–Crippen MR) is 89.2 cm³/mol. The molecule has 0 unspecified atom stereocenters. The molecule has 2 aliphatic rings. The number of amides is 1. The predicted octanol–water partition coefficient (Wildman–Crippen LogP) is 2.74. The molecule has 0 saturated heterocycles. The molecule has 1 atom stereocenters. The van der Waals surface area contributed by atoms with E-state index in [-0.39, 0.29) is 17.4 Å². The summed E-state index contributed by atoms with van der Waals surface area (Å²) in [6, 6.07) is 10.5. The van der Waals surface area contributed by atoms with Crippen molar-refractivity contribution in [2.24, 2.45) is 0 Å². The molecular weight excluding hydrogens is 286 g/mol. The number of hydrogen-bond donors (Lipinski definition) is 1. The third-order valence-electron chi connectivity index (χ3n) is 5.42. The van der Waals surface area contributed by atoms with Gasteiger partial charge in [-0.3, -0.25) is 4.79 Å². The summed E-state index contributed by atoms with van der Waals surface area (Å²) in [6.45, 7) is 2.87. The van der Waals surface area contributed by atoms with Gasteiger partial charge in [-0.05, 0) is 31.7 Å². The highest BCUT2D eigenvalue weighted by Crippen LogP contribution is 2.44. The van der Waals surface area contributed by atoms with Gasteiger partial charge in [0.25, 0.3) is 0 Å². The molecule has 1 N–H and O–H groups in total. The van der Waals surface area contributed by atoms with Crippen LogP contribution in [0.15, 0.2) is 36.5 Å². The van der Waals surface area contributed by atoms with Crippen LogP contribution in [0.1, 0.15) is 42.8 Å². The highest BCUT2D eigenvalue weighted by atomic mass is 16.2. The zero-order chi connectivity index (χ0) is 15.9. The minimum absolute atomic E-state index is 0.209. The first-order chi connectivity index (χ1) is 11.2. The summed E-state index contributed by atoms with van der Waals surface area (Å²) in [5, 5.41) is 3.32. The van der Waals surface area contributed by atoms with Crippen LogP contribution >= 0.6 is 0 Å². The van der Waals surface area contributed by atoms with Crippen molar-refractivity contribution in [1.29, 1.82) is 0 Å². The van der Waals surface area contributed by atoms with Crippen LogP contribution < -0.4 is 5.32 Å². The fourth-order valence-electron chi connectivity index (χ4n) is 3.96. The average Bonchev–Trinajstić information content (AvgIpc) is 2.86. The van der Waals surface area contributed by atoms with Gasteiger partial charge in [-0.25, -0.2) is 4.98 Å². The summed E-state index contributed by atoms with van der Waals surface area (Å²) in [7, 11) is 0. The van der Waals surface area contributed by atoms with E-state index in [1.165, 1.54) is 5.56 Å². The summed E-state index contributed by atoms with van der Waals surface area (Å²) in [4.78, 5) is 17.5. The van der Waals surface area contributed by atoms with E-state index in [2.05, 4.69) is 33.2 Å². The molecule has 0 spiro atoms. The van der Waals surface area contributed by atoms with Gasteiger partial charge in [0, 0.05) is 25.2 Å². The molecule has 2 aromatic rings. The van der Waals surface area contributed by atoms with E-state index in [4.69, 9.17) is 0 Å². The molecule has 1 fully saturated rings. The van der Waals surface area contributed by atoms with Crippen molar-refractivity contribution >= 4 is 5.91 Å². The van der Waals surface area contributed by atoms with Gasteiger partial charge < -0.3 is 9.88 Å². The second-order valence-corrected chi connectivity index (χ2v) is 6.96. The number of imidazole rings is 1. The number of aromatic nitrogens is 2. The van der Waals surface area contributed by atoms with E-state index >= 15 is 0 Å². The quantitative estimate of drug-likeness (QED) is 0.947. The zero-order valence-electron chi connectivity index (χ0n) is 13.6. The highest BCUT2D eigenvalue weighted by molar-refractivity contribution is 5.89. The van der Waals surface area contributed by atoms with E-state index in [9.17, 15) is 4.79 Å². The lowest BCUT2D eigenvalue weighted by Crippen LogP contribution is -2.53. The van der Waals surface area contributed by atoms with Gasteiger partial charge in [-0.1, -0.05) is 36.8 Å². The molecule has 4 nitrogen and oxygen atoms in total. The molecule has 4 rings (SSSR count). The number of benzene rings is 1. The van der Waals surface area contributed by atoms with Crippen LogP contribution in [0.25, 0.3) is 0 Å². The van der Waals surface area contributed by atoms with Gasteiger partial charge in [0.15, 0.2) is 0 Å². The topological polar surface area (TPSA) is 46.9 Å². The first kappa shape index (κ1) is 14.5. The molecule has 1 amide bonds. The van der Waals surface area contributed by atoms with Crippen molar-refractivity contribution in [2.45, 2.75) is 57.0 Å². The molecule has 0 bridgehead atoms. The number of hydrogen-bond acceptors (Lipinski definition) is 2. The van der Waals surface area contributed by atoms with Gasteiger partial charge in [-0.2, -0.15) is 0 Å². The Kier molecular flexibility index (Phi) is 3.47. The van der Waals surface area contributed by atoms with Crippen LogP contribution in [-0.4, -0.2) is 21.5 Å². The minimum atomic E-state index is -0.299. The monoisotopic (exact) mass is 309 g/mol. The number of aryl methyl sites for hydroxylation is 2. The van der Waals surface area contributed by atoms with Crippen LogP contribution in [0.4, 0.5) is 0 Å². The number of carbonyl (C=O) groups is 1. The Labute approximate surface area is 136 Å². The van der Waals surface area contributed by atoms with Gasteiger partial charge >= 0.3 is 0 Å². The van der Waals surface area contributed by atoms with Gasteiger partial charge in [0.2, 0.25) is 5.91 Å². The molecule has 4 heteroatoms. The molecule has 1 aromatic heterocycles. The summed E-state index contributed by atoms with van der Waals surface area (Å²) < 4.78 is 2.19. The Morgan fingerprint density at radius 1 is 1.30 bits per heavy atom. The van der Waals surface area contributed by atoms with Crippen molar-refractivity contribution in [1.82, 2.24) is 14.9 Å². The SMILES string of the molecule is Cc1cn2c(n1)CC[C@@H](NC(=O)C1(c3ccccc3)CCC1)C2. The normalized spacial score (nSPS) is 22.0. The summed E-state index contributed by atoms with van der Waals surface area (Å²) in [5.41, 5.74) is 1.93. The first-order valence-electron chi connectivity index (χ1n) is 8.56. The van der Waals surface area contributed by atoms with E-state index in [0.717, 1.165) is 50.2 Å². The van der Waals surface area contributed by atoms with Gasteiger partial charge in [0.05, 0.1) is 11.1 Å². The molecule has 2 heterocycles. The largest absolute Gasteiger partial charge is 0.351 e. The van der Waals surface area contributed by atoms with Crippen molar-refractivity contribution < 1.29 is 4.79 Å². The number of carbonyl (C=O) groups excluding carboxylic acids is 1. The maximum absolute atomic E-state index is 13.0. The van der Waals surface area contributed by atoms with E-state index < -0.39 is 0 Å². The number of nitrogens with zero attached hydrogens (tertiary/aromatic N) is 2. The Hall–Kier alpha value is -2.10. The number of nitrogens with one attached hydrogen (secondary N) is 1. The Morgan fingerprint density at radius 3 is 2.78 bits per heavy atom. The molecule has 1 aromatic carbocycles. The third-order valence-corrected chi connectivity index (χ3v) is 5.42. The van der Waals surface area contributed by atoms with Crippen LogP contribution in [0.5, 0.6) is 0 Å². The lowest BCUT2D eigenvalue weighted by Gasteiger charge is -2.42. The summed E-state index contributed by atoms with van der Waals surface area (Å²) >= 11 is 0. The smallest absolute Gasteiger partial charge is 0.230 e. The summed E-state index contributed by atoms with van der Waals surface area (Å²) in [5.74, 6) is 1.36. The molecule has 1 aliphatic heterocycles. The van der Waals surface area contributed by atoms with E-state index in [1.807, 2.05) is 25.1 Å². The maximum atomic E-state index is 13.0. The number of fused-ring (bicyclic) bond motifs is 1. The molecule has 1 saturated carbocycles. The Balaban J connectivity index is 1.50. The first-order valence-corrected chi connectivity index (χ1v) is 8.56. The maximum Gasteiger partial charge on any atom is 0.230 e. The summed E-state index contributed by atoms with van der Waals surface area (Å²) in [6.07, 6.45) is 7.07. The molecular formula is C19H23N3O. The highest BCUT2D eigenvalue weighted by Gasteiger charge is 2.46. The van der Waals surface area contributed by atoms with Crippen molar-refractivity contribution in [3.63, 3.8) is 0 Å². The lowest BCUT2D eigenvalue weighted by molar-refractivity contribution is -0.130. The molecule has 0 radical (unpaired) electrons. The van der Waals surface area contributed by atoms with Crippen LogP contribution in [0.3, 0.4) is 0 Å². The van der Waals surface area contributed by atoms with E-state index in [0.29, 0.717) is 0 Å². The van der Waals surface area contributed by atoms with Gasteiger partial charge in [0.1, 0.15) is 5.82 Å². The third kappa shape index (κ3) is 2.46. The van der Waals surface area contributed by atoms with Gasteiger partial charge in [-0.15, -0.1) is 0 Å². The van der Waals surface area contributed by atoms with Crippen molar-refractivity contribution in [3.05, 3.63) is 53.6 Å². The molecule has 23 heavy (non-hydrogen) atoms. The Bertz CT molecular complexity index is 715. The van der Waals surface area contributed by atoms with Crippen molar-refractivity contribution in [2.75, 3.05) is 0 Å². The van der Waals surface area contributed by atoms with Crippen LogP contribution in [-0.2, 0) is 23.2 Å². The fourth-order valence-corrected chi connectivity index (χ4v) is 3.96. The average molecular weight is 309 g/mol. The second-order valence-electron chi connectivity index (χ2n) is 6.96.